The third-order valence-electron chi connectivity index (χ3n) is 7.47. The first-order valence-corrected chi connectivity index (χ1v) is 12.2. The zero-order valence-electron chi connectivity index (χ0n) is 20.9. The first-order chi connectivity index (χ1) is 15.6. The Bertz CT molecular complexity index is 991. The van der Waals surface area contributed by atoms with Crippen LogP contribution in [-0.2, 0) is 5.54 Å². The molecule has 2 fully saturated rings. The van der Waals surface area contributed by atoms with E-state index in [2.05, 4.69) is 96.6 Å². The van der Waals surface area contributed by atoms with Gasteiger partial charge in [-0.05, 0) is 36.8 Å². The van der Waals surface area contributed by atoms with Crippen molar-refractivity contribution in [1.82, 2.24) is 20.2 Å². The van der Waals surface area contributed by atoms with Gasteiger partial charge in [-0.1, -0.05) is 74.5 Å². The largest absolute Gasteiger partial charge is 0.346 e. The van der Waals surface area contributed by atoms with Gasteiger partial charge in [-0.3, -0.25) is 4.90 Å². The van der Waals surface area contributed by atoms with Gasteiger partial charge in [0.15, 0.2) is 0 Å². The van der Waals surface area contributed by atoms with Crippen LogP contribution in [0.15, 0.2) is 60.7 Å². The average Bonchev–Trinajstić information content (AvgIpc) is 3.61. The Labute approximate surface area is 228 Å². The van der Waals surface area contributed by atoms with Crippen LogP contribution >= 0.6 is 37.2 Å². The van der Waals surface area contributed by atoms with E-state index < -0.39 is 0 Å². The van der Waals surface area contributed by atoms with Crippen molar-refractivity contribution in [3.8, 4) is 0 Å². The fourth-order valence-corrected chi connectivity index (χ4v) is 5.89. The Morgan fingerprint density at radius 2 is 1.37 bits per heavy atom. The van der Waals surface area contributed by atoms with Gasteiger partial charge in [-0.25, -0.2) is 4.98 Å². The minimum Gasteiger partial charge on any atom is -0.346 e. The van der Waals surface area contributed by atoms with Gasteiger partial charge in [-0.2, -0.15) is 0 Å². The van der Waals surface area contributed by atoms with Gasteiger partial charge in [0.2, 0.25) is 0 Å². The zero-order chi connectivity index (χ0) is 22.1. The number of benzene rings is 2. The number of nitrogens with zero attached hydrogens (tertiary/aromatic N) is 2. The Balaban J connectivity index is 0.00000144. The lowest BCUT2D eigenvalue weighted by molar-refractivity contribution is 0.0107. The molecule has 1 aromatic heterocycles. The van der Waals surface area contributed by atoms with Crippen LogP contribution in [0.3, 0.4) is 0 Å². The van der Waals surface area contributed by atoms with Crippen LogP contribution in [0.25, 0.3) is 0 Å². The summed E-state index contributed by atoms with van der Waals surface area (Å²) in [6, 6.07) is 22.2. The highest BCUT2D eigenvalue weighted by Gasteiger charge is 2.52. The van der Waals surface area contributed by atoms with E-state index in [-0.39, 0.29) is 48.7 Å². The highest BCUT2D eigenvalue weighted by atomic mass is 35.5. The van der Waals surface area contributed by atoms with Crippen molar-refractivity contribution in [2.24, 2.45) is 5.92 Å². The van der Waals surface area contributed by atoms with Crippen LogP contribution in [0.5, 0.6) is 0 Å². The van der Waals surface area contributed by atoms with E-state index in [4.69, 9.17) is 4.98 Å². The summed E-state index contributed by atoms with van der Waals surface area (Å²) >= 11 is 0. The number of piperazine rings is 1. The lowest BCUT2D eigenvalue weighted by Gasteiger charge is -2.53. The third-order valence-corrected chi connectivity index (χ3v) is 7.47. The molecule has 2 heterocycles. The quantitative estimate of drug-likeness (QED) is 0.364. The monoisotopic (exact) mass is 536 g/mol. The molecular weight excluding hydrogens is 499 g/mol. The lowest BCUT2D eigenvalue weighted by Crippen LogP contribution is -2.60. The summed E-state index contributed by atoms with van der Waals surface area (Å²) in [6.07, 6.45) is 2.52. The van der Waals surface area contributed by atoms with Crippen LogP contribution in [-0.4, -0.2) is 41.0 Å². The molecule has 4 nitrogen and oxygen atoms in total. The second-order valence-corrected chi connectivity index (χ2v) is 9.84. The highest BCUT2D eigenvalue weighted by Crippen LogP contribution is 2.52. The summed E-state index contributed by atoms with van der Waals surface area (Å²) in [5.41, 5.74) is 4.96. The van der Waals surface area contributed by atoms with Crippen molar-refractivity contribution in [2.75, 3.05) is 26.2 Å². The lowest BCUT2D eigenvalue weighted by atomic mass is 9.65. The molecule has 7 heteroatoms. The molecular formula is C28H39Cl3N4. The zero-order valence-corrected chi connectivity index (χ0v) is 23.3. The summed E-state index contributed by atoms with van der Waals surface area (Å²) in [5, 5.41) is 3.57. The third kappa shape index (κ3) is 5.57. The fraction of sp³-hybridized carbons (Fsp3) is 0.464. The number of nitrogens with one attached hydrogen (secondary N) is 2. The van der Waals surface area contributed by atoms with Gasteiger partial charge in [-0.15, -0.1) is 37.2 Å². The fourth-order valence-electron chi connectivity index (χ4n) is 5.89. The predicted octanol–water partition coefficient (Wildman–Crippen LogP) is 6.45. The SMILES string of the molecule is Cc1[nH]c(C2CC2)nc1C(C(C)C)(C(c1ccccc1)c1ccccc1)N1CCNCC1.Cl.Cl.Cl. The molecule has 1 aliphatic carbocycles. The van der Waals surface area contributed by atoms with Gasteiger partial charge in [0.05, 0.1) is 11.2 Å². The molecule has 192 valence electrons. The van der Waals surface area contributed by atoms with Crippen LogP contribution in [0.4, 0.5) is 0 Å². The van der Waals surface area contributed by atoms with Crippen LogP contribution < -0.4 is 5.32 Å². The van der Waals surface area contributed by atoms with Crippen LogP contribution in [0, 0.1) is 12.8 Å². The number of rotatable bonds is 7. The van der Waals surface area contributed by atoms with Gasteiger partial charge >= 0.3 is 0 Å². The number of hydrogen-bond acceptors (Lipinski definition) is 3. The van der Waals surface area contributed by atoms with Crippen molar-refractivity contribution in [3.05, 3.63) is 89.0 Å². The Morgan fingerprint density at radius 3 is 1.83 bits per heavy atom. The summed E-state index contributed by atoms with van der Waals surface area (Å²) in [4.78, 5) is 11.8. The number of hydrogen-bond donors (Lipinski definition) is 2. The van der Waals surface area contributed by atoms with E-state index in [1.807, 2.05) is 0 Å². The molecule has 3 aromatic rings. The molecule has 0 spiro atoms. The maximum atomic E-state index is 5.40. The second kappa shape index (κ2) is 12.6. The predicted molar refractivity (Wildman–Crippen MR) is 153 cm³/mol. The molecule has 2 N–H and O–H groups in total. The van der Waals surface area contributed by atoms with E-state index >= 15 is 0 Å². The second-order valence-electron chi connectivity index (χ2n) is 9.84. The van der Waals surface area contributed by atoms with Gasteiger partial charge in [0.25, 0.3) is 0 Å². The maximum absolute atomic E-state index is 5.40. The molecule has 0 radical (unpaired) electrons. The number of aromatic nitrogens is 2. The van der Waals surface area contributed by atoms with Crippen molar-refractivity contribution in [3.63, 3.8) is 0 Å². The minimum atomic E-state index is -0.238. The molecule has 0 amide bonds. The van der Waals surface area contributed by atoms with Gasteiger partial charge in [0.1, 0.15) is 5.82 Å². The van der Waals surface area contributed by atoms with Crippen molar-refractivity contribution in [2.45, 2.75) is 51.0 Å². The van der Waals surface area contributed by atoms with E-state index in [9.17, 15) is 0 Å². The van der Waals surface area contributed by atoms with Crippen molar-refractivity contribution in [1.29, 1.82) is 0 Å². The first kappa shape index (κ1) is 29.7. The minimum absolute atomic E-state index is 0. The molecule has 0 bridgehead atoms. The van der Waals surface area contributed by atoms with E-state index in [0.717, 1.165) is 26.2 Å². The number of halogens is 3. The molecule has 1 aliphatic heterocycles. The molecule has 1 saturated heterocycles. The average molecular weight is 538 g/mol. The number of aromatic amines is 1. The maximum Gasteiger partial charge on any atom is 0.109 e. The van der Waals surface area contributed by atoms with E-state index in [1.54, 1.807) is 0 Å². The Morgan fingerprint density at radius 1 is 0.857 bits per heavy atom. The summed E-state index contributed by atoms with van der Waals surface area (Å²) in [6.45, 7) is 11.1. The smallest absolute Gasteiger partial charge is 0.109 e. The van der Waals surface area contributed by atoms with Crippen LogP contribution in [0.1, 0.15) is 66.9 Å². The number of aryl methyl sites for hydroxylation is 1. The van der Waals surface area contributed by atoms with Crippen molar-refractivity contribution < 1.29 is 0 Å². The molecule has 2 aromatic carbocycles. The Kier molecular flexibility index (Phi) is 10.7. The van der Waals surface area contributed by atoms with E-state index in [0.29, 0.717) is 11.8 Å². The molecule has 35 heavy (non-hydrogen) atoms. The molecule has 5 rings (SSSR count). The summed E-state index contributed by atoms with van der Waals surface area (Å²) in [7, 11) is 0. The molecule has 2 aliphatic rings. The molecule has 1 atom stereocenters. The van der Waals surface area contributed by atoms with Gasteiger partial charge in [0, 0.05) is 43.7 Å². The normalized spacial score (nSPS) is 17.7. The molecule has 1 saturated carbocycles. The summed E-state index contributed by atoms with van der Waals surface area (Å²) in [5.74, 6) is 2.37. The van der Waals surface area contributed by atoms with E-state index in [1.165, 1.54) is 41.2 Å². The number of imidazole rings is 1. The summed E-state index contributed by atoms with van der Waals surface area (Å²) < 4.78 is 0. The van der Waals surface area contributed by atoms with Crippen molar-refractivity contribution >= 4 is 37.2 Å². The topological polar surface area (TPSA) is 44.0 Å². The highest BCUT2D eigenvalue weighted by molar-refractivity contribution is 5.86. The standard InChI is InChI=1S/C28H36N4.3ClH/c1-20(2)28(32-18-16-29-17-19-32,26-21(3)30-27(31-26)24-14-15-24)25(22-10-6-4-7-11-22)23-12-8-5-9-13-23;;;/h4-13,20,24-25,29H,14-19H2,1-3H3,(H,30,31);3*1H. The Hall–Kier alpha value is -1.56. The van der Waals surface area contributed by atoms with Gasteiger partial charge < -0.3 is 10.3 Å². The molecule has 1 unspecified atom stereocenters. The number of H-pyrrole nitrogens is 1. The van der Waals surface area contributed by atoms with Crippen LogP contribution in [0.2, 0.25) is 0 Å². The first-order valence-electron chi connectivity index (χ1n) is 12.2.